The Kier molecular flexibility index (Phi) is 6.03. The fourth-order valence-corrected chi connectivity index (χ4v) is 6.96. The van der Waals surface area contributed by atoms with E-state index in [-0.39, 0.29) is 0 Å². The van der Waals surface area contributed by atoms with Crippen LogP contribution in [0.3, 0.4) is 0 Å². The van der Waals surface area contributed by atoms with E-state index in [9.17, 15) is 0 Å². The molecular formula is C28H41N2+. The SMILES string of the molecule is Cc1ccccc1-n1c(C)c(C2CCCCC2)[n+](C2CCCCC2)c1C1CCCC1. The third kappa shape index (κ3) is 3.65. The summed E-state index contributed by atoms with van der Waals surface area (Å²) >= 11 is 0. The lowest BCUT2D eigenvalue weighted by molar-refractivity contribution is -0.740. The van der Waals surface area contributed by atoms with Gasteiger partial charge in [-0.2, -0.15) is 4.57 Å². The van der Waals surface area contributed by atoms with Crippen LogP contribution >= 0.6 is 0 Å². The predicted molar refractivity (Wildman–Crippen MR) is 125 cm³/mol. The minimum Gasteiger partial charge on any atom is -0.228 e. The average Bonchev–Trinajstić information content (AvgIpc) is 3.41. The fraction of sp³-hybridized carbons (Fsp3) is 0.679. The number of hydrogen-bond donors (Lipinski definition) is 0. The molecule has 0 unspecified atom stereocenters. The van der Waals surface area contributed by atoms with Crippen molar-refractivity contribution < 1.29 is 4.57 Å². The van der Waals surface area contributed by atoms with Gasteiger partial charge in [0.2, 0.25) is 0 Å². The molecule has 0 amide bonds. The largest absolute Gasteiger partial charge is 0.265 e. The molecule has 0 N–H and O–H groups in total. The van der Waals surface area contributed by atoms with E-state index in [2.05, 4.69) is 47.2 Å². The normalized spacial score (nSPS) is 22.1. The van der Waals surface area contributed by atoms with Gasteiger partial charge in [-0.15, -0.1) is 0 Å². The molecule has 1 heterocycles. The highest BCUT2D eigenvalue weighted by Crippen LogP contribution is 2.41. The summed E-state index contributed by atoms with van der Waals surface area (Å²) in [5.41, 5.74) is 6.14. The van der Waals surface area contributed by atoms with E-state index in [0.29, 0.717) is 0 Å². The molecule has 0 radical (unpaired) electrons. The summed E-state index contributed by atoms with van der Waals surface area (Å²) in [4.78, 5) is 0. The van der Waals surface area contributed by atoms with Gasteiger partial charge in [-0.1, -0.05) is 56.7 Å². The van der Waals surface area contributed by atoms with E-state index in [1.165, 1.54) is 101 Å². The molecule has 3 fully saturated rings. The molecular weight excluding hydrogens is 364 g/mol. The molecule has 1 aromatic carbocycles. The molecule has 2 heteroatoms. The summed E-state index contributed by atoms with van der Waals surface area (Å²) in [6.45, 7) is 4.76. The van der Waals surface area contributed by atoms with Crippen LogP contribution in [0.25, 0.3) is 5.69 Å². The van der Waals surface area contributed by atoms with E-state index >= 15 is 0 Å². The highest BCUT2D eigenvalue weighted by atomic mass is 15.2. The zero-order valence-electron chi connectivity index (χ0n) is 19.3. The fourth-order valence-electron chi connectivity index (χ4n) is 6.96. The van der Waals surface area contributed by atoms with Crippen LogP contribution in [0.1, 0.15) is 131 Å². The van der Waals surface area contributed by atoms with Gasteiger partial charge in [0.1, 0.15) is 23.1 Å². The van der Waals surface area contributed by atoms with Crippen molar-refractivity contribution in [3.05, 3.63) is 47.0 Å². The minimum atomic E-state index is 0.732. The molecule has 3 aliphatic rings. The Bertz CT molecular complexity index is 859. The molecule has 0 aliphatic heterocycles. The second-order valence-electron chi connectivity index (χ2n) is 10.4. The first-order valence-electron chi connectivity index (χ1n) is 13.0. The number of imidazole rings is 1. The molecule has 2 aromatic rings. The van der Waals surface area contributed by atoms with Gasteiger partial charge in [-0.25, -0.2) is 4.57 Å². The van der Waals surface area contributed by atoms with Crippen molar-refractivity contribution in [1.29, 1.82) is 0 Å². The zero-order valence-corrected chi connectivity index (χ0v) is 19.3. The molecule has 0 spiro atoms. The second kappa shape index (κ2) is 8.89. The van der Waals surface area contributed by atoms with E-state index in [1.54, 1.807) is 17.2 Å². The van der Waals surface area contributed by atoms with Gasteiger partial charge >= 0.3 is 0 Å². The lowest BCUT2D eigenvalue weighted by Gasteiger charge is -2.27. The Hall–Kier alpha value is -1.57. The Morgan fingerprint density at radius 3 is 1.93 bits per heavy atom. The molecule has 0 atom stereocenters. The molecule has 3 saturated carbocycles. The van der Waals surface area contributed by atoms with Crippen LogP contribution < -0.4 is 4.57 Å². The van der Waals surface area contributed by atoms with Crippen LogP contribution in [-0.4, -0.2) is 4.57 Å². The first-order chi connectivity index (χ1) is 14.8. The number of hydrogen-bond acceptors (Lipinski definition) is 0. The summed E-state index contributed by atoms with van der Waals surface area (Å²) in [6.07, 6.45) is 19.7. The smallest absolute Gasteiger partial charge is 0.228 e. The molecule has 30 heavy (non-hydrogen) atoms. The lowest BCUT2D eigenvalue weighted by atomic mass is 9.85. The standard InChI is InChI=1S/C28H41N2/c1-21-13-9-12-20-26(21)29-22(2)27(23-14-5-3-6-15-23)30(25-18-7-4-8-19-25)28(29)24-16-10-11-17-24/h9,12-13,20,23-25H,3-8,10-11,14-19H2,1-2H3/q+1. The number of nitrogens with zero attached hydrogens (tertiary/aromatic N) is 2. The third-order valence-electron chi connectivity index (χ3n) is 8.45. The summed E-state index contributed by atoms with van der Waals surface area (Å²) in [7, 11) is 0. The van der Waals surface area contributed by atoms with Crippen LogP contribution in [0.5, 0.6) is 0 Å². The molecule has 3 aliphatic carbocycles. The quantitative estimate of drug-likeness (QED) is 0.463. The lowest BCUT2D eigenvalue weighted by Crippen LogP contribution is -2.48. The van der Waals surface area contributed by atoms with Gasteiger partial charge in [0, 0.05) is 12.8 Å². The molecule has 1 aromatic heterocycles. The van der Waals surface area contributed by atoms with E-state index in [1.807, 2.05) is 0 Å². The van der Waals surface area contributed by atoms with Crippen LogP contribution in [0.4, 0.5) is 0 Å². The number of para-hydroxylation sites is 1. The molecule has 2 nitrogen and oxygen atoms in total. The molecule has 0 bridgehead atoms. The predicted octanol–water partition coefficient (Wildman–Crippen LogP) is 7.59. The minimum absolute atomic E-state index is 0.732. The van der Waals surface area contributed by atoms with Crippen LogP contribution in [0, 0.1) is 13.8 Å². The maximum Gasteiger partial charge on any atom is 0.265 e. The van der Waals surface area contributed by atoms with Gasteiger partial charge in [0.15, 0.2) is 0 Å². The maximum absolute atomic E-state index is 2.97. The van der Waals surface area contributed by atoms with Crippen LogP contribution in [0.15, 0.2) is 24.3 Å². The Morgan fingerprint density at radius 2 is 1.27 bits per heavy atom. The highest BCUT2D eigenvalue weighted by molar-refractivity contribution is 5.43. The zero-order chi connectivity index (χ0) is 20.5. The van der Waals surface area contributed by atoms with Crippen molar-refractivity contribution in [3.8, 4) is 5.69 Å². The molecule has 162 valence electrons. The molecule has 0 saturated heterocycles. The number of benzene rings is 1. The Balaban J connectivity index is 1.74. The van der Waals surface area contributed by atoms with Gasteiger partial charge in [-0.3, -0.25) is 0 Å². The Labute approximate surface area is 183 Å². The maximum atomic E-state index is 2.97. The van der Waals surface area contributed by atoms with Gasteiger partial charge in [0.05, 0.1) is 5.92 Å². The average molecular weight is 406 g/mol. The van der Waals surface area contributed by atoms with Crippen molar-refractivity contribution in [2.75, 3.05) is 0 Å². The van der Waals surface area contributed by atoms with Gasteiger partial charge in [0.25, 0.3) is 5.82 Å². The number of aromatic nitrogens is 2. The van der Waals surface area contributed by atoms with E-state index in [0.717, 1.165) is 17.9 Å². The summed E-state index contributed by atoms with van der Waals surface area (Å²) in [5.74, 6) is 3.18. The monoisotopic (exact) mass is 405 g/mol. The Morgan fingerprint density at radius 1 is 0.700 bits per heavy atom. The summed E-state index contributed by atoms with van der Waals surface area (Å²) < 4.78 is 5.71. The van der Waals surface area contributed by atoms with E-state index < -0.39 is 0 Å². The third-order valence-corrected chi connectivity index (χ3v) is 8.45. The van der Waals surface area contributed by atoms with Crippen LogP contribution in [0.2, 0.25) is 0 Å². The van der Waals surface area contributed by atoms with Crippen molar-refractivity contribution in [2.24, 2.45) is 0 Å². The van der Waals surface area contributed by atoms with E-state index in [4.69, 9.17) is 0 Å². The topological polar surface area (TPSA) is 8.81 Å². The van der Waals surface area contributed by atoms with Crippen molar-refractivity contribution in [3.63, 3.8) is 0 Å². The first kappa shape index (κ1) is 20.3. The summed E-state index contributed by atoms with van der Waals surface area (Å²) in [6, 6.07) is 9.85. The highest BCUT2D eigenvalue weighted by Gasteiger charge is 2.42. The van der Waals surface area contributed by atoms with Crippen LogP contribution in [-0.2, 0) is 0 Å². The number of aryl methyl sites for hydroxylation is 1. The van der Waals surface area contributed by atoms with Crippen molar-refractivity contribution in [1.82, 2.24) is 4.57 Å². The summed E-state index contributed by atoms with van der Waals surface area (Å²) in [5, 5.41) is 0. The molecule has 5 rings (SSSR count). The second-order valence-corrected chi connectivity index (χ2v) is 10.4. The van der Waals surface area contributed by atoms with Crippen molar-refractivity contribution >= 4 is 0 Å². The first-order valence-corrected chi connectivity index (χ1v) is 13.0. The van der Waals surface area contributed by atoms with Crippen molar-refractivity contribution in [2.45, 2.75) is 122 Å². The van der Waals surface area contributed by atoms with Gasteiger partial charge < -0.3 is 0 Å². The van der Waals surface area contributed by atoms with Gasteiger partial charge in [-0.05, 0) is 69.9 Å². The number of rotatable bonds is 4.